The van der Waals surface area contributed by atoms with E-state index in [0.29, 0.717) is 32.7 Å². The second-order valence-electron chi connectivity index (χ2n) is 8.02. The summed E-state index contributed by atoms with van der Waals surface area (Å²) in [5.74, 6) is 0.00163. The zero-order valence-corrected chi connectivity index (χ0v) is 18.6. The molecule has 1 N–H and O–H groups in total. The maximum Gasteiger partial charge on any atom is 0.234 e. The van der Waals surface area contributed by atoms with Gasteiger partial charge < -0.3 is 5.32 Å². The van der Waals surface area contributed by atoms with Crippen LogP contribution in [0.1, 0.15) is 23.6 Å². The predicted octanol–water partition coefficient (Wildman–Crippen LogP) is 2.19. The Balaban J connectivity index is 1.44. The molecular weight excluding hydrogens is 398 g/mol. The molecule has 0 radical (unpaired) electrons. The summed E-state index contributed by atoms with van der Waals surface area (Å²) in [7, 11) is -3.34. The zero-order chi connectivity index (χ0) is 21.6. The highest BCUT2D eigenvalue weighted by Gasteiger charge is 2.27. The van der Waals surface area contributed by atoms with Crippen molar-refractivity contribution < 1.29 is 13.2 Å². The van der Waals surface area contributed by atoms with Crippen LogP contribution in [0.3, 0.4) is 0 Å². The third-order valence-electron chi connectivity index (χ3n) is 5.48. The molecule has 1 saturated heterocycles. The molecule has 0 aliphatic carbocycles. The van der Waals surface area contributed by atoms with Crippen LogP contribution in [-0.2, 0) is 27.0 Å². The van der Waals surface area contributed by atoms with Gasteiger partial charge in [0.05, 0.1) is 12.3 Å². The van der Waals surface area contributed by atoms with E-state index < -0.39 is 10.0 Å². The fraction of sp³-hybridized carbons (Fsp3) is 0.435. The minimum atomic E-state index is -3.34. The summed E-state index contributed by atoms with van der Waals surface area (Å²) in [5, 5.41) is 3.06. The van der Waals surface area contributed by atoms with E-state index in [0.717, 1.165) is 12.0 Å². The van der Waals surface area contributed by atoms with Gasteiger partial charge >= 0.3 is 0 Å². The van der Waals surface area contributed by atoms with Crippen LogP contribution in [0.2, 0.25) is 0 Å². The van der Waals surface area contributed by atoms with Crippen molar-refractivity contribution >= 4 is 15.9 Å². The highest BCUT2D eigenvalue weighted by molar-refractivity contribution is 7.88. The van der Waals surface area contributed by atoms with E-state index in [4.69, 9.17) is 0 Å². The van der Waals surface area contributed by atoms with Crippen LogP contribution >= 0.6 is 0 Å². The summed E-state index contributed by atoms with van der Waals surface area (Å²) >= 11 is 0. The van der Waals surface area contributed by atoms with Crippen molar-refractivity contribution in [3.63, 3.8) is 0 Å². The van der Waals surface area contributed by atoms with Crippen LogP contribution in [0.25, 0.3) is 0 Å². The lowest BCUT2D eigenvalue weighted by Crippen LogP contribution is -2.52. The lowest BCUT2D eigenvalue weighted by atomic mass is 10.0. The van der Waals surface area contributed by atoms with E-state index in [1.165, 1.54) is 15.4 Å². The number of carbonyl (C=O) groups is 1. The summed E-state index contributed by atoms with van der Waals surface area (Å²) in [6, 6.07) is 17.5. The third kappa shape index (κ3) is 6.39. The molecule has 0 saturated carbocycles. The van der Waals surface area contributed by atoms with Crippen LogP contribution in [0.4, 0.5) is 0 Å². The molecule has 2 aromatic carbocycles. The average molecular weight is 430 g/mol. The molecule has 1 heterocycles. The number of rotatable bonds is 8. The molecule has 162 valence electrons. The third-order valence-corrected chi connectivity index (χ3v) is 7.33. The number of amides is 1. The van der Waals surface area contributed by atoms with E-state index in [1.807, 2.05) is 54.3 Å². The first kappa shape index (κ1) is 22.5. The van der Waals surface area contributed by atoms with Crippen molar-refractivity contribution in [1.29, 1.82) is 0 Å². The summed E-state index contributed by atoms with van der Waals surface area (Å²) in [6.45, 7) is 6.35. The second-order valence-corrected chi connectivity index (χ2v) is 9.99. The van der Waals surface area contributed by atoms with Crippen LogP contribution in [-0.4, -0.2) is 62.3 Å². The van der Waals surface area contributed by atoms with Crippen molar-refractivity contribution in [2.24, 2.45) is 0 Å². The minimum absolute atomic E-state index is 0.0170. The van der Waals surface area contributed by atoms with Gasteiger partial charge in [0.25, 0.3) is 0 Å². The average Bonchev–Trinajstić information content (AvgIpc) is 2.70. The van der Waals surface area contributed by atoms with Crippen molar-refractivity contribution in [2.45, 2.75) is 32.1 Å². The van der Waals surface area contributed by atoms with Gasteiger partial charge in [0.2, 0.25) is 15.9 Å². The number of nitrogens with zero attached hydrogens (tertiary/aromatic N) is 2. The molecule has 7 heteroatoms. The predicted molar refractivity (Wildman–Crippen MR) is 120 cm³/mol. The fourth-order valence-electron chi connectivity index (χ4n) is 3.79. The molecule has 1 fully saturated rings. The number of piperazine rings is 1. The Morgan fingerprint density at radius 3 is 2.30 bits per heavy atom. The van der Waals surface area contributed by atoms with Crippen LogP contribution in [0.15, 0.2) is 54.6 Å². The van der Waals surface area contributed by atoms with Gasteiger partial charge in [-0.3, -0.25) is 9.69 Å². The maximum atomic E-state index is 12.7. The molecule has 2 aromatic rings. The fourth-order valence-corrected chi connectivity index (χ4v) is 5.30. The molecule has 1 aliphatic rings. The minimum Gasteiger partial charge on any atom is -0.352 e. The first-order valence-electron chi connectivity index (χ1n) is 10.4. The number of nitrogens with one attached hydrogen (secondary N) is 1. The Morgan fingerprint density at radius 2 is 1.63 bits per heavy atom. The zero-order valence-electron chi connectivity index (χ0n) is 17.8. The van der Waals surface area contributed by atoms with Gasteiger partial charge in [-0.15, -0.1) is 0 Å². The Morgan fingerprint density at radius 1 is 1.00 bits per heavy atom. The first-order valence-corrected chi connectivity index (χ1v) is 12.0. The standard InChI is InChI=1S/C23H31N3O3S/c1-19-8-6-7-11-22(19)16-20(2)24-23(27)17-25-12-14-26(15-13-25)30(28,29)18-21-9-4-3-5-10-21/h3-11,20H,12-18H2,1-2H3,(H,24,27). The highest BCUT2D eigenvalue weighted by Crippen LogP contribution is 2.14. The second kappa shape index (κ2) is 10.2. The Kier molecular flexibility index (Phi) is 7.64. The largest absolute Gasteiger partial charge is 0.352 e. The van der Waals surface area contributed by atoms with E-state index in [1.54, 1.807) is 0 Å². The number of hydrogen-bond acceptors (Lipinski definition) is 4. The summed E-state index contributed by atoms with van der Waals surface area (Å²) in [5.41, 5.74) is 3.26. The molecule has 1 atom stereocenters. The summed E-state index contributed by atoms with van der Waals surface area (Å²) < 4.78 is 26.9. The topological polar surface area (TPSA) is 69.7 Å². The molecule has 1 unspecified atom stereocenters. The molecule has 6 nitrogen and oxygen atoms in total. The van der Waals surface area contributed by atoms with E-state index in [-0.39, 0.29) is 17.7 Å². The Hall–Kier alpha value is -2.22. The van der Waals surface area contributed by atoms with Gasteiger partial charge in [-0.2, -0.15) is 4.31 Å². The van der Waals surface area contributed by atoms with E-state index >= 15 is 0 Å². The summed E-state index contributed by atoms with van der Waals surface area (Å²) in [4.78, 5) is 14.5. The Labute approximate surface area is 179 Å². The molecule has 0 aromatic heterocycles. The molecule has 3 rings (SSSR count). The number of carbonyl (C=O) groups excluding carboxylic acids is 1. The molecule has 0 spiro atoms. The van der Waals surface area contributed by atoms with Crippen molar-refractivity contribution in [2.75, 3.05) is 32.7 Å². The van der Waals surface area contributed by atoms with Crippen LogP contribution in [0.5, 0.6) is 0 Å². The SMILES string of the molecule is Cc1ccccc1CC(C)NC(=O)CN1CCN(S(=O)(=O)Cc2ccccc2)CC1. The molecule has 0 bridgehead atoms. The van der Waals surface area contributed by atoms with Gasteiger partial charge in [0.15, 0.2) is 0 Å². The van der Waals surface area contributed by atoms with E-state index in [9.17, 15) is 13.2 Å². The van der Waals surface area contributed by atoms with Crippen molar-refractivity contribution in [3.05, 3.63) is 71.3 Å². The highest BCUT2D eigenvalue weighted by atomic mass is 32.2. The first-order chi connectivity index (χ1) is 14.3. The monoisotopic (exact) mass is 429 g/mol. The van der Waals surface area contributed by atoms with Crippen molar-refractivity contribution in [1.82, 2.24) is 14.5 Å². The number of benzene rings is 2. The number of sulfonamides is 1. The van der Waals surface area contributed by atoms with Crippen LogP contribution < -0.4 is 5.32 Å². The summed E-state index contributed by atoms with van der Waals surface area (Å²) in [6.07, 6.45) is 0.796. The molecule has 30 heavy (non-hydrogen) atoms. The quantitative estimate of drug-likeness (QED) is 0.698. The van der Waals surface area contributed by atoms with Gasteiger partial charge in [0.1, 0.15) is 0 Å². The molecule has 1 aliphatic heterocycles. The van der Waals surface area contributed by atoms with Crippen LogP contribution in [0, 0.1) is 6.92 Å². The van der Waals surface area contributed by atoms with Crippen molar-refractivity contribution in [3.8, 4) is 0 Å². The Bertz CT molecular complexity index is 939. The molecule has 1 amide bonds. The normalized spacial score (nSPS) is 16.9. The number of hydrogen-bond donors (Lipinski definition) is 1. The van der Waals surface area contributed by atoms with Gasteiger partial charge in [-0.05, 0) is 37.0 Å². The lowest BCUT2D eigenvalue weighted by molar-refractivity contribution is -0.123. The van der Waals surface area contributed by atoms with Gasteiger partial charge in [0, 0.05) is 32.2 Å². The van der Waals surface area contributed by atoms with Gasteiger partial charge in [-0.25, -0.2) is 8.42 Å². The van der Waals surface area contributed by atoms with E-state index in [2.05, 4.69) is 24.4 Å². The maximum absolute atomic E-state index is 12.7. The lowest BCUT2D eigenvalue weighted by Gasteiger charge is -2.33. The molecular formula is C23H31N3O3S. The number of aryl methyl sites for hydroxylation is 1. The smallest absolute Gasteiger partial charge is 0.234 e. The van der Waals surface area contributed by atoms with Gasteiger partial charge in [-0.1, -0.05) is 54.6 Å².